The first kappa shape index (κ1) is 12.4. The van der Waals surface area contributed by atoms with Crippen LogP contribution >= 0.6 is 0 Å². The van der Waals surface area contributed by atoms with E-state index in [-0.39, 0.29) is 11.4 Å². The molecule has 100 valence electrons. The quantitative estimate of drug-likeness (QED) is 0.785. The van der Waals surface area contributed by atoms with Crippen LogP contribution in [0, 0.1) is 5.82 Å². The zero-order valence-corrected chi connectivity index (χ0v) is 11.5. The maximum absolute atomic E-state index is 13.0. The fraction of sp³-hybridized carbons (Fsp3) is 0.400. The standard InChI is InChI=1S/C15H18FN3/c1-15(2)14-17-13(10-19(14)9-8-18(15)3)11-4-6-12(16)7-5-11/h4-7,10H,8-9H2,1-3H3. The van der Waals surface area contributed by atoms with E-state index in [1.807, 2.05) is 0 Å². The lowest BCUT2D eigenvalue weighted by atomic mass is 10.0. The van der Waals surface area contributed by atoms with Crippen molar-refractivity contribution in [2.45, 2.75) is 25.9 Å². The Balaban J connectivity index is 2.05. The SMILES string of the molecule is CN1CCn2cc(-c3ccc(F)cc3)nc2C1(C)C. The van der Waals surface area contributed by atoms with Gasteiger partial charge in [0.05, 0.1) is 11.2 Å². The van der Waals surface area contributed by atoms with Crippen LogP contribution in [0.25, 0.3) is 11.3 Å². The molecule has 0 atom stereocenters. The molecule has 0 saturated heterocycles. The summed E-state index contributed by atoms with van der Waals surface area (Å²) in [4.78, 5) is 7.06. The molecule has 3 rings (SSSR count). The molecule has 0 N–H and O–H groups in total. The van der Waals surface area contributed by atoms with Gasteiger partial charge in [-0.25, -0.2) is 9.37 Å². The van der Waals surface area contributed by atoms with Gasteiger partial charge in [-0.2, -0.15) is 0 Å². The molecule has 19 heavy (non-hydrogen) atoms. The summed E-state index contributed by atoms with van der Waals surface area (Å²) < 4.78 is 15.2. The van der Waals surface area contributed by atoms with Gasteiger partial charge in [0, 0.05) is 24.8 Å². The van der Waals surface area contributed by atoms with E-state index in [9.17, 15) is 4.39 Å². The average Bonchev–Trinajstić information content (AvgIpc) is 2.81. The summed E-state index contributed by atoms with van der Waals surface area (Å²) in [6, 6.07) is 6.51. The van der Waals surface area contributed by atoms with Crippen LogP contribution in [0.2, 0.25) is 0 Å². The van der Waals surface area contributed by atoms with Crippen LogP contribution in [0.4, 0.5) is 4.39 Å². The van der Waals surface area contributed by atoms with Crippen LogP contribution < -0.4 is 0 Å². The third kappa shape index (κ3) is 1.96. The number of hydrogen-bond acceptors (Lipinski definition) is 2. The van der Waals surface area contributed by atoms with Crippen molar-refractivity contribution in [1.82, 2.24) is 14.5 Å². The lowest BCUT2D eigenvalue weighted by Gasteiger charge is -2.39. The van der Waals surface area contributed by atoms with E-state index in [2.05, 4.69) is 36.6 Å². The first-order valence-electron chi connectivity index (χ1n) is 6.53. The second-order valence-corrected chi connectivity index (χ2v) is 5.63. The van der Waals surface area contributed by atoms with Crippen molar-refractivity contribution in [2.75, 3.05) is 13.6 Å². The van der Waals surface area contributed by atoms with Crippen LogP contribution in [-0.2, 0) is 12.1 Å². The molecule has 0 spiro atoms. The van der Waals surface area contributed by atoms with Gasteiger partial charge in [0.2, 0.25) is 0 Å². The average molecular weight is 259 g/mol. The number of hydrogen-bond donors (Lipinski definition) is 0. The zero-order valence-electron chi connectivity index (χ0n) is 11.5. The molecular formula is C15H18FN3. The topological polar surface area (TPSA) is 21.1 Å². The van der Waals surface area contributed by atoms with Gasteiger partial charge in [-0.15, -0.1) is 0 Å². The molecule has 0 saturated carbocycles. The van der Waals surface area contributed by atoms with Crippen molar-refractivity contribution >= 4 is 0 Å². The molecule has 0 bridgehead atoms. The lowest BCUT2D eigenvalue weighted by Crippen LogP contribution is -2.46. The van der Waals surface area contributed by atoms with E-state index in [1.54, 1.807) is 12.1 Å². The predicted molar refractivity (Wildman–Crippen MR) is 73.3 cm³/mol. The minimum absolute atomic E-state index is 0.0729. The first-order valence-corrected chi connectivity index (χ1v) is 6.53. The second kappa shape index (κ2) is 4.17. The molecule has 0 unspecified atom stereocenters. The van der Waals surface area contributed by atoms with Crippen molar-refractivity contribution < 1.29 is 4.39 Å². The summed E-state index contributed by atoms with van der Waals surface area (Å²) in [5, 5.41) is 0. The van der Waals surface area contributed by atoms with Gasteiger partial charge >= 0.3 is 0 Å². The highest BCUT2D eigenvalue weighted by Crippen LogP contribution is 2.31. The smallest absolute Gasteiger partial charge is 0.129 e. The highest BCUT2D eigenvalue weighted by molar-refractivity contribution is 5.58. The number of likely N-dealkylation sites (N-methyl/N-ethyl adjacent to an activating group) is 1. The first-order chi connectivity index (χ1) is 8.98. The highest BCUT2D eigenvalue weighted by Gasteiger charge is 2.34. The Morgan fingerprint density at radius 3 is 2.53 bits per heavy atom. The monoisotopic (exact) mass is 259 g/mol. The summed E-state index contributed by atoms with van der Waals surface area (Å²) in [6.45, 7) is 6.32. The minimum atomic E-state index is -0.215. The maximum atomic E-state index is 13.0. The Labute approximate surface area is 112 Å². The maximum Gasteiger partial charge on any atom is 0.129 e. The van der Waals surface area contributed by atoms with Crippen molar-refractivity contribution in [1.29, 1.82) is 0 Å². The molecule has 2 aromatic rings. The molecule has 0 fully saturated rings. The molecule has 3 nitrogen and oxygen atoms in total. The number of rotatable bonds is 1. The van der Waals surface area contributed by atoms with E-state index in [0.717, 1.165) is 30.2 Å². The number of imidazole rings is 1. The molecule has 4 heteroatoms. The van der Waals surface area contributed by atoms with Gasteiger partial charge in [-0.1, -0.05) is 0 Å². The Kier molecular flexibility index (Phi) is 2.71. The van der Waals surface area contributed by atoms with Gasteiger partial charge in [0.15, 0.2) is 0 Å². The Bertz CT molecular complexity index is 598. The summed E-state index contributed by atoms with van der Waals surface area (Å²) >= 11 is 0. The number of benzene rings is 1. The Morgan fingerprint density at radius 1 is 1.16 bits per heavy atom. The third-order valence-corrected chi connectivity index (χ3v) is 4.09. The molecule has 0 amide bonds. The van der Waals surface area contributed by atoms with Crippen LogP contribution in [0.3, 0.4) is 0 Å². The van der Waals surface area contributed by atoms with Crippen molar-refractivity contribution in [3.05, 3.63) is 42.1 Å². The highest BCUT2D eigenvalue weighted by atomic mass is 19.1. The summed E-state index contributed by atoms with van der Waals surface area (Å²) in [7, 11) is 2.12. The second-order valence-electron chi connectivity index (χ2n) is 5.63. The Morgan fingerprint density at radius 2 is 1.84 bits per heavy atom. The number of halogens is 1. The van der Waals surface area contributed by atoms with Crippen LogP contribution in [0.15, 0.2) is 30.5 Å². The van der Waals surface area contributed by atoms with Crippen molar-refractivity contribution in [2.24, 2.45) is 0 Å². The molecule has 0 aliphatic carbocycles. The van der Waals surface area contributed by atoms with Crippen molar-refractivity contribution in [3.63, 3.8) is 0 Å². The van der Waals surface area contributed by atoms with E-state index in [0.29, 0.717) is 0 Å². The number of fused-ring (bicyclic) bond motifs is 1. The molecule has 1 aliphatic heterocycles. The van der Waals surface area contributed by atoms with Gasteiger partial charge in [0.25, 0.3) is 0 Å². The van der Waals surface area contributed by atoms with Gasteiger partial charge < -0.3 is 4.57 Å². The lowest BCUT2D eigenvalue weighted by molar-refractivity contribution is 0.110. The normalized spacial score (nSPS) is 18.3. The summed E-state index contributed by atoms with van der Waals surface area (Å²) in [5.74, 6) is 0.855. The predicted octanol–water partition coefficient (Wildman–Crippen LogP) is 2.87. The van der Waals surface area contributed by atoms with Crippen LogP contribution in [0.5, 0.6) is 0 Å². The summed E-state index contributed by atoms with van der Waals surface area (Å²) in [5.41, 5.74) is 1.80. The van der Waals surface area contributed by atoms with Gasteiger partial charge in [-0.3, -0.25) is 4.90 Å². The molecule has 0 radical (unpaired) electrons. The third-order valence-electron chi connectivity index (χ3n) is 4.09. The van der Waals surface area contributed by atoms with Gasteiger partial charge in [0.1, 0.15) is 11.6 Å². The molecule has 1 aliphatic rings. The van der Waals surface area contributed by atoms with Gasteiger partial charge in [-0.05, 0) is 45.2 Å². The van der Waals surface area contributed by atoms with E-state index in [4.69, 9.17) is 4.98 Å². The van der Waals surface area contributed by atoms with E-state index >= 15 is 0 Å². The minimum Gasteiger partial charge on any atom is -0.331 e. The van der Waals surface area contributed by atoms with E-state index < -0.39 is 0 Å². The van der Waals surface area contributed by atoms with Crippen LogP contribution in [0.1, 0.15) is 19.7 Å². The zero-order chi connectivity index (χ0) is 13.6. The largest absolute Gasteiger partial charge is 0.331 e. The molecule has 1 aromatic heterocycles. The molecular weight excluding hydrogens is 241 g/mol. The molecule has 1 aromatic carbocycles. The number of nitrogens with zero attached hydrogens (tertiary/aromatic N) is 3. The summed E-state index contributed by atoms with van der Waals surface area (Å²) in [6.07, 6.45) is 2.07. The van der Waals surface area contributed by atoms with Crippen molar-refractivity contribution in [3.8, 4) is 11.3 Å². The number of aromatic nitrogens is 2. The fourth-order valence-electron chi connectivity index (χ4n) is 2.54. The molecule has 2 heterocycles. The van der Waals surface area contributed by atoms with E-state index in [1.165, 1.54) is 12.1 Å². The Hall–Kier alpha value is -1.68. The fourth-order valence-corrected chi connectivity index (χ4v) is 2.54. The van der Waals surface area contributed by atoms with Crippen LogP contribution in [-0.4, -0.2) is 28.0 Å².